The van der Waals surface area contributed by atoms with Gasteiger partial charge in [0.15, 0.2) is 0 Å². The molecule has 4 rings (SSSR count). The Labute approximate surface area is 158 Å². The molecular weight excluding hydrogens is 336 g/mol. The second kappa shape index (κ2) is 7.38. The zero-order valence-electron chi connectivity index (χ0n) is 14.8. The van der Waals surface area contributed by atoms with Crippen LogP contribution in [0.1, 0.15) is 11.1 Å². The van der Waals surface area contributed by atoms with Crippen LogP contribution < -0.4 is 0 Å². The Balaban J connectivity index is 1.69. The fourth-order valence-electron chi connectivity index (χ4n) is 3.23. The minimum atomic E-state index is 0.0358. The topological polar surface area (TPSA) is 58.3 Å². The van der Waals surface area contributed by atoms with E-state index >= 15 is 0 Å². The maximum Gasteiger partial charge on any atom is 0.128 e. The lowest BCUT2D eigenvalue weighted by Gasteiger charge is -2.12. The highest BCUT2D eigenvalue weighted by molar-refractivity contribution is 5.71. The Bertz CT molecular complexity index is 1040. The predicted octanol–water partition coefficient (Wildman–Crippen LogP) is 4.74. The van der Waals surface area contributed by atoms with Gasteiger partial charge in [0.1, 0.15) is 11.5 Å². The summed E-state index contributed by atoms with van der Waals surface area (Å²) in [5.41, 5.74) is 4.35. The van der Waals surface area contributed by atoms with Gasteiger partial charge in [-0.05, 0) is 48.2 Å². The monoisotopic (exact) mass is 356 g/mol. The molecule has 0 bridgehead atoms. The standard InChI is InChI=1S/C23H20N2O2/c26-22-16-23(27)20(15-18(22)12-11-17-7-3-1-4-8-17)21-13-14-24-25(21)19-9-5-2-6-10-19/h1-10,13-16,26-27H,11-12H2. The van der Waals surface area contributed by atoms with E-state index in [2.05, 4.69) is 17.2 Å². The summed E-state index contributed by atoms with van der Waals surface area (Å²) < 4.78 is 1.78. The third-order valence-electron chi connectivity index (χ3n) is 4.64. The first-order chi connectivity index (χ1) is 13.2. The molecule has 4 nitrogen and oxygen atoms in total. The van der Waals surface area contributed by atoms with Gasteiger partial charge in [0, 0.05) is 11.6 Å². The van der Waals surface area contributed by atoms with Crippen LogP contribution in [0.3, 0.4) is 0 Å². The van der Waals surface area contributed by atoms with E-state index in [1.165, 1.54) is 11.6 Å². The third-order valence-corrected chi connectivity index (χ3v) is 4.64. The molecule has 0 fully saturated rings. The number of phenols is 2. The highest BCUT2D eigenvalue weighted by atomic mass is 16.3. The van der Waals surface area contributed by atoms with E-state index in [0.717, 1.165) is 23.4 Å². The summed E-state index contributed by atoms with van der Waals surface area (Å²) >= 11 is 0. The van der Waals surface area contributed by atoms with Crippen molar-refractivity contribution in [3.8, 4) is 28.4 Å². The van der Waals surface area contributed by atoms with Crippen molar-refractivity contribution >= 4 is 0 Å². The van der Waals surface area contributed by atoms with Crippen molar-refractivity contribution in [2.24, 2.45) is 0 Å². The van der Waals surface area contributed by atoms with Gasteiger partial charge < -0.3 is 10.2 Å². The highest BCUT2D eigenvalue weighted by Crippen LogP contribution is 2.36. The van der Waals surface area contributed by atoms with Crippen molar-refractivity contribution in [1.82, 2.24) is 9.78 Å². The summed E-state index contributed by atoms with van der Waals surface area (Å²) in [6.07, 6.45) is 3.21. The van der Waals surface area contributed by atoms with Crippen LogP contribution in [0, 0.1) is 0 Å². The lowest BCUT2D eigenvalue weighted by molar-refractivity contribution is 0.447. The van der Waals surface area contributed by atoms with Gasteiger partial charge in [0.05, 0.1) is 17.6 Å². The quantitative estimate of drug-likeness (QED) is 0.543. The molecule has 0 aliphatic heterocycles. The first kappa shape index (κ1) is 16.9. The first-order valence-electron chi connectivity index (χ1n) is 8.91. The highest BCUT2D eigenvalue weighted by Gasteiger charge is 2.15. The summed E-state index contributed by atoms with van der Waals surface area (Å²) in [5.74, 6) is 0.145. The Hall–Kier alpha value is -3.53. The van der Waals surface area contributed by atoms with E-state index in [-0.39, 0.29) is 11.5 Å². The van der Waals surface area contributed by atoms with Crippen molar-refractivity contribution in [1.29, 1.82) is 0 Å². The first-order valence-corrected chi connectivity index (χ1v) is 8.91. The largest absolute Gasteiger partial charge is 0.508 e. The molecule has 27 heavy (non-hydrogen) atoms. The average Bonchev–Trinajstić information content (AvgIpc) is 3.18. The molecule has 2 N–H and O–H groups in total. The molecule has 0 atom stereocenters. The number of benzene rings is 3. The van der Waals surface area contributed by atoms with Crippen LogP contribution in [0.2, 0.25) is 0 Å². The van der Waals surface area contributed by atoms with Crippen molar-refractivity contribution in [2.45, 2.75) is 12.8 Å². The van der Waals surface area contributed by atoms with Crippen LogP contribution in [0.15, 0.2) is 85.1 Å². The van der Waals surface area contributed by atoms with Crippen molar-refractivity contribution < 1.29 is 10.2 Å². The lowest BCUT2D eigenvalue weighted by Crippen LogP contribution is -1.99. The van der Waals surface area contributed by atoms with Gasteiger partial charge in [-0.25, -0.2) is 4.68 Å². The van der Waals surface area contributed by atoms with Crippen LogP contribution >= 0.6 is 0 Å². The molecule has 4 aromatic rings. The number of aryl methyl sites for hydroxylation is 2. The fraction of sp³-hybridized carbons (Fsp3) is 0.0870. The minimum absolute atomic E-state index is 0.0358. The molecule has 4 heteroatoms. The van der Waals surface area contributed by atoms with Crippen LogP contribution in [-0.2, 0) is 12.8 Å². The summed E-state index contributed by atoms with van der Waals surface area (Å²) in [6.45, 7) is 0. The van der Waals surface area contributed by atoms with Crippen LogP contribution in [0.25, 0.3) is 16.9 Å². The summed E-state index contributed by atoms with van der Waals surface area (Å²) in [5, 5.41) is 25.1. The Morgan fingerprint density at radius 3 is 2.19 bits per heavy atom. The lowest BCUT2D eigenvalue weighted by atomic mass is 9.99. The number of phenolic OH excluding ortho intramolecular Hbond substituents is 2. The maximum absolute atomic E-state index is 10.4. The molecule has 134 valence electrons. The van der Waals surface area contributed by atoms with Gasteiger partial charge in [-0.2, -0.15) is 5.10 Å². The number of rotatable bonds is 5. The molecule has 1 heterocycles. The molecule has 0 aliphatic rings. The fourth-order valence-corrected chi connectivity index (χ4v) is 3.23. The van der Waals surface area contributed by atoms with Gasteiger partial charge in [-0.3, -0.25) is 0 Å². The van der Waals surface area contributed by atoms with Crippen LogP contribution in [-0.4, -0.2) is 20.0 Å². The number of nitrogens with zero attached hydrogens (tertiary/aromatic N) is 2. The maximum atomic E-state index is 10.4. The number of hydrogen-bond acceptors (Lipinski definition) is 3. The summed E-state index contributed by atoms with van der Waals surface area (Å²) in [4.78, 5) is 0. The Kier molecular flexibility index (Phi) is 4.62. The number of aromatic hydroxyl groups is 2. The number of aromatic nitrogens is 2. The zero-order valence-corrected chi connectivity index (χ0v) is 14.8. The zero-order chi connectivity index (χ0) is 18.6. The predicted molar refractivity (Wildman–Crippen MR) is 106 cm³/mol. The minimum Gasteiger partial charge on any atom is -0.508 e. The summed E-state index contributed by atoms with van der Waals surface area (Å²) in [6, 6.07) is 25.1. The molecule has 0 radical (unpaired) electrons. The van der Waals surface area contributed by atoms with Gasteiger partial charge in [0.25, 0.3) is 0 Å². The van der Waals surface area contributed by atoms with E-state index in [0.29, 0.717) is 12.0 Å². The summed E-state index contributed by atoms with van der Waals surface area (Å²) in [7, 11) is 0. The van der Waals surface area contributed by atoms with Crippen LogP contribution in [0.4, 0.5) is 0 Å². The molecular formula is C23H20N2O2. The van der Waals surface area contributed by atoms with Gasteiger partial charge in [0.2, 0.25) is 0 Å². The Morgan fingerprint density at radius 1 is 0.741 bits per heavy atom. The third kappa shape index (κ3) is 3.55. The van der Waals surface area contributed by atoms with Crippen molar-refractivity contribution in [2.75, 3.05) is 0 Å². The van der Waals surface area contributed by atoms with Crippen LogP contribution in [0.5, 0.6) is 11.5 Å². The van der Waals surface area contributed by atoms with E-state index in [1.54, 1.807) is 10.9 Å². The van der Waals surface area contributed by atoms with Gasteiger partial charge in [-0.15, -0.1) is 0 Å². The van der Waals surface area contributed by atoms with E-state index in [4.69, 9.17) is 0 Å². The number of hydrogen-bond donors (Lipinski definition) is 2. The molecule has 0 saturated carbocycles. The number of para-hydroxylation sites is 1. The van der Waals surface area contributed by atoms with Gasteiger partial charge in [-0.1, -0.05) is 48.5 Å². The molecule has 0 spiro atoms. The van der Waals surface area contributed by atoms with Crippen molar-refractivity contribution in [3.05, 3.63) is 96.2 Å². The molecule has 3 aromatic carbocycles. The molecule has 0 saturated heterocycles. The average molecular weight is 356 g/mol. The Morgan fingerprint density at radius 2 is 1.44 bits per heavy atom. The molecule has 0 aliphatic carbocycles. The second-order valence-electron chi connectivity index (χ2n) is 6.45. The molecule has 1 aromatic heterocycles. The van der Waals surface area contributed by atoms with E-state index in [1.807, 2.05) is 60.7 Å². The normalized spacial score (nSPS) is 10.8. The molecule has 0 amide bonds. The second-order valence-corrected chi connectivity index (χ2v) is 6.45. The SMILES string of the molecule is Oc1cc(O)c(-c2ccnn2-c2ccccc2)cc1CCc1ccccc1. The van der Waals surface area contributed by atoms with E-state index in [9.17, 15) is 10.2 Å². The van der Waals surface area contributed by atoms with Gasteiger partial charge >= 0.3 is 0 Å². The smallest absolute Gasteiger partial charge is 0.128 e. The van der Waals surface area contributed by atoms with Crippen molar-refractivity contribution in [3.63, 3.8) is 0 Å². The van der Waals surface area contributed by atoms with E-state index < -0.39 is 0 Å². The molecule has 0 unspecified atom stereocenters.